The maximum Gasteiger partial charge on any atom is 0.335 e. The number of esters is 1. The topological polar surface area (TPSA) is 38.3 Å². The van der Waals surface area contributed by atoms with Gasteiger partial charge in [0.1, 0.15) is 17.3 Å². The summed E-state index contributed by atoms with van der Waals surface area (Å²) < 4.78 is 31.1. The average Bonchev–Trinajstić information content (AvgIpc) is 2.28. The number of benzene rings is 1. The molecular formula is C12H13F2NO2. The van der Waals surface area contributed by atoms with E-state index in [4.69, 9.17) is 0 Å². The molecule has 0 amide bonds. The minimum absolute atomic E-state index is 0.0727. The zero-order valence-corrected chi connectivity index (χ0v) is 9.43. The van der Waals surface area contributed by atoms with Crippen LogP contribution < -0.4 is 5.32 Å². The van der Waals surface area contributed by atoms with Gasteiger partial charge in [0.15, 0.2) is 0 Å². The highest BCUT2D eigenvalue weighted by atomic mass is 19.1. The van der Waals surface area contributed by atoms with E-state index in [0.717, 1.165) is 12.1 Å². The lowest BCUT2D eigenvalue weighted by atomic mass is 10.2. The Morgan fingerprint density at radius 1 is 1.41 bits per heavy atom. The predicted molar refractivity (Wildman–Crippen MR) is 60.6 cm³/mol. The Hall–Kier alpha value is -1.91. The molecule has 1 N–H and O–H groups in total. The van der Waals surface area contributed by atoms with Crippen molar-refractivity contribution < 1.29 is 18.3 Å². The van der Waals surface area contributed by atoms with Gasteiger partial charge in [-0.1, -0.05) is 12.6 Å². The number of hydrogen-bond acceptors (Lipinski definition) is 3. The highest BCUT2D eigenvalue weighted by Gasteiger charge is 2.11. The SMILES string of the molecule is C=C(CNc1c(F)cccc1F)C(=O)OCC. The molecule has 0 bridgehead atoms. The highest BCUT2D eigenvalue weighted by molar-refractivity contribution is 5.88. The van der Waals surface area contributed by atoms with Crippen molar-refractivity contribution in [3.05, 3.63) is 42.0 Å². The molecule has 1 rings (SSSR count). The zero-order valence-electron chi connectivity index (χ0n) is 9.43. The van der Waals surface area contributed by atoms with Gasteiger partial charge < -0.3 is 10.1 Å². The van der Waals surface area contributed by atoms with Gasteiger partial charge in [-0.2, -0.15) is 0 Å². The third-order valence-corrected chi connectivity index (χ3v) is 2.01. The summed E-state index contributed by atoms with van der Waals surface area (Å²) >= 11 is 0. The van der Waals surface area contributed by atoms with Crippen molar-refractivity contribution >= 4 is 11.7 Å². The summed E-state index contributed by atoms with van der Waals surface area (Å²) in [5.74, 6) is -2.03. The fourth-order valence-corrected chi connectivity index (χ4v) is 1.17. The molecule has 1 aromatic rings. The number of rotatable bonds is 5. The maximum atomic E-state index is 13.2. The molecule has 0 radical (unpaired) electrons. The summed E-state index contributed by atoms with van der Waals surface area (Å²) in [5, 5.41) is 2.47. The second kappa shape index (κ2) is 5.98. The van der Waals surface area contributed by atoms with Gasteiger partial charge in [0.2, 0.25) is 0 Å². The minimum atomic E-state index is -0.721. The van der Waals surface area contributed by atoms with Crippen molar-refractivity contribution in [3.63, 3.8) is 0 Å². The molecule has 0 aliphatic rings. The van der Waals surface area contributed by atoms with Gasteiger partial charge in [-0.05, 0) is 19.1 Å². The van der Waals surface area contributed by atoms with Crippen LogP contribution in [0.15, 0.2) is 30.4 Å². The Labute approximate surface area is 98.1 Å². The number of carbonyl (C=O) groups excluding carboxylic acids is 1. The van der Waals surface area contributed by atoms with Crippen LogP contribution >= 0.6 is 0 Å². The Balaban J connectivity index is 2.62. The fourth-order valence-electron chi connectivity index (χ4n) is 1.17. The van der Waals surface area contributed by atoms with Gasteiger partial charge >= 0.3 is 5.97 Å². The van der Waals surface area contributed by atoms with E-state index in [0.29, 0.717) is 0 Å². The summed E-state index contributed by atoms with van der Waals surface area (Å²) in [4.78, 5) is 11.2. The van der Waals surface area contributed by atoms with Gasteiger partial charge in [0.05, 0.1) is 6.61 Å². The molecule has 0 saturated heterocycles. The van der Waals surface area contributed by atoms with Crippen LogP contribution in [-0.2, 0) is 9.53 Å². The van der Waals surface area contributed by atoms with Crippen molar-refractivity contribution in [2.45, 2.75) is 6.92 Å². The molecule has 0 aromatic heterocycles. The van der Waals surface area contributed by atoms with E-state index in [9.17, 15) is 13.6 Å². The molecule has 3 nitrogen and oxygen atoms in total. The van der Waals surface area contributed by atoms with Gasteiger partial charge in [-0.3, -0.25) is 0 Å². The standard InChI is InChI=1S/C12H13F2NO2/c1-3-17-12(16)8(2)7-15-11-9(13)5-4-6-10(11)14/h4-6,15H,2-3,7H2,1H3. The number of ether oxygens (including phenoxy) is 1. The molecule has 0 spiro atoms. The fraction of sp³-hybridized carbons (Fsp3) is 0.250. The van der Waals surface area contributed by atoms with Crippen molar-refractivity contribution in [3.8, 4) is 0 Å². The van der Waals surface area contributed by atoms with Crippen LogP contribution in [0.4, 0.5) is 14.5 Å². The summed E-state index contributed by atoms with van der Waals surface area (Å²) in [6.07, 6.45) is 0. The van der Waals surface area contributed by atoms with Crippen LogP contribution in [0.2, 0.25) is 0 Å². The molecular weight excluding hydrogens is 228 g/mol. The van der Waals surface area contributed by atoms with Gasteiger partial charge in [-0.25, -0.2) is 13.6 Å². The highest BCUT2D eigenvalue weighted by Crippen LogP contribution is 2.18. The minimum Gasteiger partial charge on any atom is -0.463 e. The first kappa shape index (κ1) is 13.2. The normalized spacial score (nSPS) is 9.82. The van der Waals surface area contributed by atoms with Crippen LogP contribution in [0, 0.1) is 11.6 Å². The molecule has 0 aliphatic heterocycles. The van der Waals surface area contributed by atoms with E-state index in [1.165, 1.54) is 6.07 Å². The van der Waals surface area contributed by atoms with E-state index in [1.807, 2.05) is 0 Å². The van der Waals surface area contributed by atoms with Crippen LogP contribution in [0.1, 0.15) is 6.92 Å². The van der Waals surface area contributed by atoms with Crippen LogP contribution in [0.25, 0.3) is 0 Å². The maximum absolute atomic E-state index is 13.2. The quantitative estimate of drug-likeness (QED) is 0.635. The van der Waals surface area contributed by atoms with Crippen molar-refractivity contribution in [1.29, 1.82) is 0 Å². The lowest BCUT2D eigenvalue weighted by Gasteiger charge is -2.09. The predicted octanol–water partition coefficient (Wildman–Crippen LogP) is 2.50. The number of carbonyl (C=O) groups is 1. The van der Waals surface area contributed by atoms with Crippen LogP contribution in [0.5, 0.6) is 0 Å². The number of nitrogens with one attached hydrogen (secondary N) is 1. The molecule has 17 heavy (non-hydrogen) atoms. The third kappa shape index (κ3) is 3.55. The number of para-hydroxylation sites is 1. The summed E-state index contributed by atoms with van der Waals surface area (Å²) in [6.45, 7) is 5.28. The molecule has 0 heterocycles. The lowest BCUT2D eigenvalue weighted by molar-refractivity contribution is -0.138. The Morgan fingerprint density at radius 3 is 2.53 bits per heavy atom. The van der Waals surface area contributed by atoms with E-state index in [2.05, 4.69) is 16.6 Å². The van der Waals surface area contributed by atoms with E-state index >= 15 is 0 Å². The summed E-state index contributed by atoms with van der Waals surface area (Å²) in [5.41, 5.74) is -0.174. The Bertz CT molecular complexity index is 412. The first-order valence-corrected chi connectivity index (χ1v) is 5.09. The van der Waals surface area contributed by atoms with Gasteiger partial charge in [0, 0.05) is 12.1 Å². The smallest absolute Gasteiger partial charge is 0.335 e. The molecule has 0 unspecified atom stereocenters. The molecule has 0 atom stereocenters. The van der Waals surface area contributed by atoms with Crippen LogP contribution in [-0.4, -0.2) is 19.1 Å². The first-order chi connectivity index (χ1) is 8.06. The Morgan fingerprint density at radius 2 is 2.00 bits per heavy atom. The largest absolute Gasteiger partial charge is 0.463 e. The molecule has 0 aliphatic carbocycles. The lowest BCUT2D eigenvalue weighted by Crippen LogP contribution is -2.15. The third-order valence-electron chi connectivity index (χ3n) is 2.01. The summed E-state index contributed by atoms with van der Waals surface area (Å²) in [6, 6.07) is 3.51. The summed E-state index contributed by atoms with van der Waals surface area (Å²) in [7, 11) is 0. The van der Waals surface area contributed by atoms with Crippen LogP contribution in [0.3, 0.4) is 0 Å². The second-order valence-electron chi connectivity index (χ2n) is 3.27. The van der Waals surface area contributed by atoms with E-state index in [1.54, 1.807) is 6.92 Å². The number of hydrogen-bond donors (Lipinski definition) is 1. The van der Waals surface area contributed by atoms with Crippen molar-refractivity contribution in [2.75, 3.05) is 18.5 Å². The zero-order chi connectivity index (χ0) is 12.8. The molecule has 1 aromatic carbocycles. The number of halogens is 2. The molecule has 5 heteroatoms. The monoisotopic (exact) mass is 241 g/mol. The Kier molecular flexibility index (Phi) is 4.63. The average molecular weight is 241 g/mol. The van der Waals surface area contributed by atoms with Gasteiger partial charge in [0.25, 0.3) is 0 Å². The van der Waals surface area contributed by atoms with E-state index < -0.39 is 17.6 Å². The van der Waals surface area contributed by atoms with Crippen molar-refractivity contribution in [1.82, 2.24) is 0 Å². The number of anilines is 1. The first-order valence-electron chi connectivity index (χ1n) is 5.09. The molecule has 0 saturated carbocycles. The van der Waals surface area contributed by atoms with Gasteiger partial charge in [-0.15, -0.1) is 0 Å². The van der Waals surface area contributed by atoms with E-state index in [-0.39, 0.29) is 24.4 Å². The molecule has 92 valence electrons. The molecule has 0 fully saturated rings. The van der Waals surface area contributed by atoms with Crippen molar-refractivity contribution in [2.24, 2.45) is 0 Å². The second-order valence-corrected chi connectivity index (χ2v) is 3.27.